The SMILES string of the molecule is Cn1c(=O)[nH]c(=O)c2c1nc(N1CCN(Cc3ccccc3Cl)CC1)n2Cc1ccccc1Cl. The monoisotopic (exact) mass is 498 g/mol. The maximum Gasteiger partial charge on any atom is 0.329 e. The van der Waals surface area contributed by atoms with Crippen LogP contribution in [0.15, 0.2) is 58.1 Å². The fourth-order valence-electron chi connectivity index (χ4n) is 4.38. The minimum absolute atomic E-state index is 0.356. The van der Waals surface area contributed by atoms with E-state index in [2.05, 4.69) is 14.8 Å². The van der Waals surface area contributed by atoms with Crippen molar-refractivity contribution in [3.8, 4) is 0 Å². The van der Waals surface area contributed by atoms with Gasteiger partial charge in [-0.2, -0.15) is 4.98 Å². The van der Waals surface area contributed by atoms with E-state index in [9.17, 15) is 9.59 Å². The molecule has 2 aromatic carbocycles. The second kappa shape index (κ2) is 9.29. The highest BCUT2D eigenvalue weighted by Crippen LogP contribution is 2.25. The molecule has 1 fully saturated rings. The molecule has 0 unspecified atom stereocenters. The molecule has 0 atom stereocenters. The number of fused-ring (bicyclic) bond motifs is 1. The van der Waals surface area contributed by atoms with Crippen molar-refractivity contribution in [3.05, 3.63) is 90.5 Å². The molecule has 0 radical (unpaired) electrons. The lowest BCUT2D eigenvalue weighted by atomic mass is 10.2. The van der Waals surface area contributed by atoms with Gasteiger partial charge in [-0.3, -0.25) is 23.8 Å². The standard InChI is InChI=1S/C24H24Cl2N6O2/c1-29-21-20(22(33)28-24(29)34)32(15-17-7-3-5-9-19(17)26)23(27-21)31-12-10-30(11-13-31)14-16-6-2-4-8-18(16)25/h2-9H,10-15H2,1H3,(H,28,33,34). The zero-order chi connectivity index (χ0) is 23.8. The first-order chi connectivity index (χ1) is 16.4. The third kappa shape index (κ3) is 4.24. The summed E-state index contributed by atoms with van der Waals surface area (Å²) in [5.41, 5.74) is 1.74. The fraction of sp³-hybridized carbons (Fsp3) is 0.292. The van der Waals surface area contributed by atoms with E-state index < -0.39 is 11.2 Å². The Morgan fingerprint density at radius 1 is 0.882 bits per heavy atom. The van der Waals surface area contributed by atoms with Crippen LogP contribution in [0.2, 0.25) is 10.0 Å². The number of piperazine rings is 1. The number of aromatic amines is 1. The fourth-order valence-corrected chi connectivity index (χ4v) is 4.78. The summed E-state index contributed by atoms with van der Waals surface area (Å²) in [6, 6.07) is 15.4. The predicted molar refractivity (Wildman–Crippen MR) is 135 cm³/mol. The molecule has 1 saturated heterocycles. The van der Waals surface area contributed by atoms with E-state index in [0.29, 0.717) is 28.7 Å². The molecule has 10 heteroatoms. The number of nitrogens with one attached hydrogen (secondary N) is 1. The van der Waals surface area contributed by atoms with E-state index in [4.69, 9.17) is 28.2 Å². The minimum atomic E-state index is -0.490. The Bertz CT molecular complexity index is 1470. The molecule has 0 aliphatic carbocycles. The Hall–Kier alpha value is -3.07. The molecule has 2 aromatic heterocycles. The average molecular weight is 499 g/mol. The summed E-state index contributed by atoms with van der Waals surface area (Å²) < 4.78 is 3.23. The molecule has 0 saturated carbocycles. The lowest BCUT2D eigenvalue weighted by Gasteiger charge is -2.35. The number of H-pyrrole nitrogens is 1. The van der Waals surface area contributed by atoms with Gasteiger partial charge in [0.1, 0.15) is 0 Å². The molecule has 4 aromatic rings. The Kier molecular flexibility index (Phi) is 6.20. The predicted octanol–water partition coefficient (Wildman–Crippen LogP) is 3.10. The molecule has 176 valence electrons. The Balaban J connectivity index is 1.48. The van der Waals surface area contributed by atoms with Gasteiger partial charge in [-0.1, -0.05) is 59.6 Å². The lowest BCUT2D eigenvalue weighted by Crippen LogP contribution is -2.47. The zero-order valence-electron chi connectivity index (χ0n) is 18.7. The van der Waals surface area contributed by atoms with Crippen molar-refractivity contribution >= 4 is 40.3 Å². The molecular weight excluding hydrogens is 475 g/mol. The van der Waals surface area contributed by atoms with E-state index in [1.807, 2.05) is 53.1 Å². The third-order valence-corrected chi connectivity index (χ3v) is 7.02. The van der Waals surface area contributed by atoms with Crippen LogP contribution in [-0.4, -0.2) is 50.2 Å². The number of anilines is 1. The van der Waals surface area contributed by atoms with Gasteiger partial charge in [-0.05, 0) is 23.3 Å². The van der Waals surface area contributed by atoms with Crippen LogP contribution < -0.4 is 16.1 Å². The number of benzene rings is 2. The molecule has 5 rings (SSSR count). The smallest absolute Gasteiger partial charge is 0.329 e. The summed E-state index contributed by atoms with van der Waals surface area (Å²) in [4.78, 5) is 36.7. The first-order valence-electron chi connectivity index (χ1n) is 11.1. The Morgan fingerprint density at radius 3 is 2.09 bits per heavy atom. The highest BCUT2D eigenvalue weighted by Gasteiger charge is 2.25. The van der Waals surface area contributed by atoms with Crippen LogP contribution in [-0.2, 0) is 20.1 Å². The number of aromatic nitrogens is 4. The van der Waals surface area contributed by atoms with Crippen LogP contribution in [0.5, 0.6) is 0 Å². The van der Waals surface area contributed by atoms with Gasteiger partial charge in [0.05, 0.1) is 6.54 Å². The minimum Gasteiger partial charge on any atom is -0.340 e. The van der Waals surface area contributed by atoms with Gasteiger partial charge in [0.25, 0.3) is 5.56 Å². The molecule has 0 bridgehead atoms. The van der Waals surface area contributed by atoms with Crippen molar-refractivity contribution < 1.29 is 0 Å². The first kappa shape index (κ1) is 22.7. The van der Waals surface area contributed by atoms with Crippen LogP contribution in [0.4, 0.5) is 5.95 Å². The van der Waals surface area contributed by atoms with E-state index >= 15 is 0 Å². The molecule has 1 aliphatic heterocycles. The number of hydrogen-bond acceptors (Lipinski definition) is 5. The number of rotatable bonds is 5. The van der Waals surface area contributed by atoms with Gasteiger partial charge < -0.3 is 4.90 Å². The van der Waals surface area contributed by atoms with Gasteiger partial charge in [0, 0.05) is 49.8 Å². The molecule has 3 heterocycles. The van der Waals surface area contributed by atoms with E-state index in [1.165, 1.54) is 4.57 Å². The van der Waals surface area contributed by atoms with Crippen molar-refractivity contribution in [1.29, 1.82) is 0 Å². The van der Waals surface area contributed by atoms with Gasteiger partial charge in [-0.25, -0.2) is 4.79 Å². The zero-order valence-corrected chi connectivity index (χ0v) is 20.2. The second-order valence-corrected chi connectivity index (χ2v) is 9.25. The molecular formula is C24H24Cl2N6O2. The number of halogens is 2. The van der Waals surface area contributed by atoms with Crippen molar-refractivity contribution in [2.24, 2.45) is 7.05 Å². The summed E-state index contributed by atoms with van der Waals surface area (Å²) in [7, 11) is 1.61. The summed E-state index contributed by atoms with van der Waals surface area (Å²) in [6.45, 7) is 4.22. The van der Waals surface area contributed by atoms with Crippen molar-refractivity contribution in [3.63, 3.8) is 0 Å². The molecule has 1 N–H and O–H groups in total. The summed E-state index contributed by atoms with van der Waals surface area (Å²) in [6.07, 6.45) is 0. The van der Waals surface area contributed by atoms with Crippen molar-refractivity contribution in [1.82, 2.24) is 24.0 Å². The van der Waals surface area contributed by atoms with E-state index in [0.717, 1.165) is 48.9 Å². The number of aryl methyl sites for hydroxylation is 1. The largest absolute Gasteiger partial charge is 0.340 e. The Morgan fingerprint density at radius 2 is 1.47 bits per heavy atom. The van der Waals surface area contributed by atoms with E-state index in [-0.39, 0.29) is 0 Å². The highest BCUT2D eigenvalue weighted by molar-refractivity contribution is 6.31. The second-order valence-electron chi connectivity index (χ2n) is 8.43. The van der Waals surface area contributed by atoms with Crippen LogP contribution in [0, 0.1) is 0 Å². The number of hydrogen-bond donors (Lipinski definition) is 1. The van der Waals surface area contributed by atoms with Crippen LogP contribution in [0.3, 0.4) is 0 Å². The molecule has 0 amide bonds. The van der Waals surface area contributed by atoms with Gasteiger partial charge in [-0.15, -0.1) is 0 Å². The summed E-state index contributed by atoms with van der Waals surface area (Å²) in [5, 5.41) is 1.38. The average Bonchev–Trinajstić information content (AvgIpc) is 3.21. The van der Waals surface area contributed by atoms with Gasteiger partial charge >= 0.3 is 5.69 Å². The molecule has 0 spiro atoms. The molecule has 1 aliphatic rings. The molecule has 34 heavy (non-hydrogen) atoms. The van der Waals surface area contributed by atoms with Gasteiger partial charge in [0.2, 0.25) is 5.95 Å². The van der Waals surface area contributed by atoms with E-state index in [1.54, 1.807) is 7.05 Å². The lowest BCUT2D eigenvalue weighted by molar-refractivity contribution is 0.248. The number of imidazole rings is 1. The van der Waals surface area contributed by atoms with Gasteiger partial charge in [0.15, 0.2) is 11.2 Å². The highest BCUT2D eigenvalue weighted by atomic mass is 35.5. The molecule has 8 nitrogen and oxygen atoms in total. The quantitative estimate of drug-likeness (QED) is 0.457. The third-order valence-electron chi connectivity index (χ3n) is 6.28. The van der Waals surface area contributed by atoms with Crippen molar-refractivity contribution in [2.45, 2.75) is 13.1 Å². The van der Waals surface area contributed by atoms with Crippen LogP contribution >= 0.6 is 23.2 Å². The maximum absolute atomic E-state index is 12.8. The van der Waals surface area contributed by atoms with Crippen LogP contribution in [0.25, 0.3) is 11.2 Å². The summed E-state index contributed by atoms with van der Waals surface area (Å²) >= 11 is 12.8. The topological polar surface area (TPSA) is 79.2 Å². The number of nitrogens with zero attached hydrogens (tertiary/aromatic N) is 5. The maximum atomic E-state index is 12.8. The summed E-state index contributed by atoms with van der Waals surface area (Å²) in [5.74, 6) is 0.652. The normalized spacial score (nSPS) is 14.7. The van der Waals surface area contributed by atoms with Crippen LogP contribution in [0.1, 0.15) is 11.1 Å². The van der Waals surface area contributed by atoms with Crippen molar-refractivity contribution in [2.75, 3.05) is 31.1 Å². The first-order valence-corrected chi connectivity index (χ1v) is 11.8. The Labute approximate surface area is 206 Å².